The minimum Gasteiger partial charge on any atom is -0.475 e. The lowest BCUT2D eigenvalue weighted by atomic mass is 10.2. The molecule has 0 aliphatic carbocycles. The lowest BCUT2D eigenvalue weighted by Gasteiger charge is -2.09. The van der Waals surface area contributed by atoms with Crippen molar-refractivity contribution in [2.24, 2.45) is 0 Å². The maximum atomic E-state index is 12.1. The van der Waals surface area contributed by atoms with Crippen LogP contribution < -0.4 is 9.46 Å². The highest BCUT2D eigenvalue weighted by Crippen LogP contribution is 2.11. The number of benzene rings is 1. The van der Waals surface area contributed by atoms with E-state index in [2.05, 4.69) is 4.98 Å². The van der Waals surface area contributed by atoms with Crippen LogP contribution in [-0.2, 0) is 15.8 Å². The number of pyridine rings is 1. The van der Waals surface area contributed by atoms with E-state index < -0.39 is 15.9 Å². The van der Waals surface area contributed by atoms with Crippen molar-refractivity contribution < 1.29 is 17.9 Å². The molecule has 1 aromatic heterocycles. The summed E-state index contributed by atoms with van der Waals surface area (Å²) in [6, 6.07) is 11.0. The van der Waals surface area contributed by atoms with Crippen molar-refractivity contribution >= 4 is 15.9 Å². The van der Waals surface area contributed by atoms with E-state index in [0.717, 1.165) is 0 Å². The van der Waals surface area contributed by atoms with Crippen LogP contribution in [0.2, 0.25) is 0 Å². The van der Waals surface area contributed by atoms with Gasteiger partial charge in [0.2, 0.25) is 15.9 Å². The van der Waals surface area contributed by atoms with E-state index in [1.807, 2.05) is 24.6 Å². The lowest BCUT2D eigenvalue weighted by Crippen LogP contribution is -2.31. The van der Waals surface area contributed by atoms with Gasteiger partial charge < -0.3 is 4.74 Å². The molecule has 25 heavy (non-hydrogen) atoms. The molecule has 0 aliphatic heterocycles. The third-order valence-corrected chi connectivity index (χ3v) is 4.25. The number of ether oxygens (including phenoxy) is 1. The fourth-order valence-electron chi connectivity index (χ4n) is 1.96. The van der Waals surface area contributed by atoms with Gasteiger partial charge in [-0.05, 0) is 37.6 Å². The molecule has 1 N–H and O–H groups in total. The van der Waals surface area contributed by atoms with Crippen LogP contribution in [0.25, 0.3) is 0 Å². The zero-order valence-electron chi connectivity index (χ0n) is 13.8. The van der Waals surface area contributed by atoms with E-state index >= 15 is 0 Å². The molecule has 0 saturated heterocycles. The maximum Gasteiger partial charge on any atom is 0.266 e. The Morgan fingerprint density at radius 2 is 1.92 bits per heavy atom. The van der Waals surface area contributed by atoms with Gasteiger partial charge in [0.1, 0.15) is 0 Å². The summed E-state index contributed by atoms with van der Waals surface area (Å²) in [5.74, 6) is -0.781. The van der Waals surface area contributed by atoms with Gasteiger partial charge in [0.25, 0.3) is 5.91 Å². The van der Waals surface area contributed by atoms with Crippen LogP contribution in [0.4, 0.5) is 0 Å². The van der Waals surface area contributed by atoms with E-state index in [1.54, 1.807) is 0 Å². The predicted molar refractivity (Wildman–Crippen MR) is 91.2 cm³/mol. The van der Waals surface area contributed by atoms with E-state index in [0.29, 0.717) is 17.0 Å². The van der Waals surface area contributed by atoms with Crippen molar-refractivity contribution in [3.63, 3.8) is 0 Å². The van der Waals surface area contributed by atoms with E-state index in [9.17, 15) is 13.2 Å². The van der Waals surface area contributed by atoms with Gasteiger partial charge in [-0.1, -0.05) is 12.1 Å². The zero-order valence-corrected chi connectivity index (χ0v) is 14.6. The van der Waals surface area contributed by atoms with Gasteiger partial charge in [0.05, 0.1) is 29.1 Å². The lowest BCUT2D eigenvalue weighted by molar-refractivity contribution is 0.0981. The van der Waals surface area contributed by atoms with Crippen LogP contribution in [-0.4, -0.2) is 25.4 Å². The Bertz CT molecular complexity index is 883. The molecule has 0 fully saturated rings. The molecule has 1 heterocycles. The number of hydrogen-bond acceptors (Lipinski definition) is 6. The Labute approximate surface area is 146 Å². The molecule has 2 rings (SSSR count). The maximum absolute atomic E-state index is 12.1. The summed E-state index contributed by atoms with van der Waals surface area (Å²) in [5.41, 5.74) is 1.01. The molecule has 8 heteroatoms. The molecule has 2 aromatic rings. The molecule has 1 amide bonds. The summed E-state index contributed by atoms with van der Waals surface area (Å²) in [6.45, 7) is 3.69. The Hall–Kier alpha value is -2.92. The standard InChI is InChI=1S/C17H17N3O4S/c1-12(2)24-16-8-7-15(10-19-16)17(21)20-25(22,23)11-14-5-3-13(9-18)4-6-14/h3-8,10,12H,11H2,1-2H3,(H,20,21). The second-order valence-electron chi connectivity index (χ2n) is 5.55. The second kappa shape index (κ2) is 7.77. The summed E-state index contributed by atoms with van der Waals surface area (Å²) in [6.07, 6.45) is 1.20. The smallest absolute Gasteiger partial charge is 0.266 e. The summed E-state index contributed by atoms with van der Waals surface area (Å²) < 4.78 is 31.6. The quantitative estimate of drug-likeness (QED) is 0.845. The second-order valence-corrected chi connectivity index (χ2v) is 7.27. The SMILES string of the molecule is CC(C)Oc1ccc(C(=O)NS(=O)(=O)Cc2ccc(C#N)cc2)cn1. The third kappa shape index (κ3) is 5.58. The predicted octanol–water partition coefficient (Wildman–Crippen LogP) is 2.00. The zero-order chi connectivity index (χ0) is 18.4. The molecule has 0 atom stereocenters. The van der Waals surface area contributed by atoms with Crippen molar-refractivity contribution in [1.29, 1.82) is 5.26 Å². The van der Waals surface area contributed by atoms with Crippen molar-refractivity contribution in [3.05, 3.63) is 59.3 Å². The number of rotatable bonds is 6. The number of nitriles is 1. The monoisotopic (exact) mass is 359 g/mol. The summed E-state index contributed by atoms with van der Waals surface area (Å²) in [7, 11) is -3.87. The van der Waals surface area contributed by atoms with Crippen LogP contribution in [0, 0.1) is 11.3 Å². The van der Waals surface area contributed by atoms with Gasteiger partial charge in [-0.15, -0.1) is 0 Å². The average molecular weight is 359 g/mol. The van der Waals surface area contributed by atoms with Crippen LogP contribution in [0.3, 0.4) is 0 Å². The Morgan fingerprint density at radius 1 is 1.24 bits per heavy atom. The molecule has 0 radical (unpaired) electrons. The van der Waals surface area contributed by atoms with Gasteiger partial charge in [-0.2, -0.15) is 5.26 Å². The molecule has 0 bridgehead atoms. The normalized spacial score (nSPS) is 11.0. The minimum atomic E-state index is -3.87. The van der Waals surface area contributed by atoms with Crippen molar-refractivity contribution in [3.8, 4) is 11.9 Å². The molecule has 0 aliphatic rings. The van der Waals surface area contributed by atoms with Crippen molar-refractivity contribution in [1.82, 2.24) is 9.71 Å². The van der Waals surface area contributed by atoms with Crippen LogP contribution in [0.5, 0.6) is 5.88 Å². The third-order valence-electron chi connectivity index (χ3n) is 3.04. The van der Waals surface area contributed by atoms with Gasteiger partial charge in [0, 0.05) is 12.3 Å². The molecular formula is C17H17N3O4S. The number of aromatic nitrogens is 1. The first kappa shape index (κ1) is 18.4. The fourth-order valence-corrected chi connectivity index (χ4v) is 3.06. The highest BCUT2D eigenvalue weighted by atomic mass is 32.2. The van der Waals surface area contributed by atoms with Crippen molar-refractivity contribution in [2.75, 3.05) is 0 Å². The number of sulfonamides is 1. The number of carbonyl (C=O) groups is 1. The molecular weight excluding hydrogens is 342 g/mol. The Balaban J connectivity index is 2.03. The number of carbonyl (C=O) groups excluding carboxylic acids is 1. The molecule has 1 aromatic carbocycles. The van der Waals surface area contributed by atoms with Gasteiger partial charge in [0.15, 0.2) is 0 Å². The number of amides is 1. The highest BCUT2D eigenvalue weighted by Gasteiger charge is 2.17. The molecule has 0 unspecified atom stereocenters. The highest BCUT2D eigenvalue weighted by molar-refractivity contribution is 7.89. The Morgan fingerprint density at radius 3 is 2.44 bits per heavy atom. The molecule has 130 valence electrons. The van der Waals surface area contributed by atoms with Crippen LogP contribution in [0.1, 0.15) is 35.3 Å². The first-order valence-corrected chi connectivity index (χ1v) is 9.11. The van der Waals surface area contributed by atoms with E-state index in [-0.39, 0.29) is 17.4 Å². The summed E-state index contributed by atoms with van der Waals surface area (Å²) in [5, 5.41) is 8.73. The number of hydrogen-bond donors (Lipinski definition) is 1. The number of nitrogens with zero attached hydrogens (tertiary/aromatic N) is 2. The molecule has 0 saturated carbocycles. The van der Waals surface area contributed by atoms with Crippen LogP contribution in [0.15, 0.2) is 42.6 Å². The number of nitrogens with one attached hydrogen (secondary N) is 1. The topological polar surface area (TPSA) is 109 Å². The molecule has 0 spiro atoms. The summed E-state index contributed by atoms with van der Waals surface area (Å²) in [4.78, 5) is 16.0. The first-order valence-electron chi connectivity index (χ1n) is 7.45. The molecule has 7 nitrogen and oxygen atoms in total. The van der Waals surface area contributed by atoms with Gasteiger partial charge >= 0.3 is 0 Å². The fraction of sp³-hybridized carbons (Fsp3) is 0.235. The first-order chi connectivity index (χ1) is 11.8. The summed E-state index contributed by atoms with van der Waals surface area (Å²) >= 11 is 0. The van der Waals surface area contributed by atoms with Gasteiger partial charge in [-0.25, -0.2) is 18.1 Å². The van der Waals surface area contributed by atoms with Crippen LogP contribution >= 0.6 is 0 Å². The minimum absolute atomic E-state index is 0.0556. The van der Waals surface area contributed by atoms with Gasteiger partial charge in [-0.3, -0.25) is 4.79 Å². The van der Waals surface area contributed by atoms with Crippen molar-refractivity contribution in [2.45, 2.75) is 25.7 Å². The largest absolute Gasteiger partial charge is 0.475 e. The van der Waals surface area contributed by atoms with E-state index in [1.165, 1.54) is 42.6 Å². The van der Waals surface area contributed by atoms with E-state index in [4.69, 9.17) is 10.00 Å². The average Bonchev–Trinajstić information content (AvgIpc) is 2.54. The Kier molecular flexibility index (Phi) is 5.72.